The SMILES string of the molecule is C=CCC(C)Nc1cc(C(=O)O)c(Cl)cn1. The van der Waals surface area contributed by atoms with Gasteiger partial charge in [0.1, 0.15) is 5.82 Å². The molecule has 0 aliphatic heterocycles. The van der Waals surface area contributed by atoms with Gasteiger partial charge in [0.25, 0.3) is 0 Å². The molecule has 0 aliphatic carbocycles. The van der Waals surface area contributed by atoms with E-state index in [0.717, 1.165) is 6.42 Å². The van der Waals surface area contributed by atoms with Gasteiger partial charge < -0.3 is 10.4 Å². The Labute approximate surface area is 99.0 Å². The van der Waals surface area contributed by atoms with Crippen LogP contribution in [0.25, 0.3) is 0 Å². The Bertz CT molecular complexity index is 407. The van der Waals surface area contributed by atoms with Crippen molar-refractivity contribution in [1.82, 2.24) is 4.98 Å². The second-order valence-electron chi connectivity index (χ2n) is 3.42. The summed E-state index contributed by atoms with van der Waals surface area (Å²) in [6.45, 7) is 5.58. The zero-order valence-electron chi connectivity index (χ0n) is 8.90. The number of pyridine rings is 1. The third-order valence-corrected chi connectivity index (χ3v) is 2.30. The Balaban J connectivity index is 2.86. The molecular formula is C11H13ClN2O2. The lowest BCUT2D eigenvalue weighted by molar-refractivity contribution is 0.0697. The van der Waals surface area contributed by atoms with Gasteiger partial charge in [-0.2, -0.15) is 0 Å². The quantitative estimate of drug-likeness (QED) is 0.777. The number of carboxylic acid groups (broad SMARTS) is 1. The van der Waals surface area contributed by atoms with Crippen LogP contribution in [0.2, 0.25) is 5.02 Å². The van der Waals surface area contributed by atoms with E-state index in [2.05, 4.69) is 16.9 Å². The summed E-state index contributed by atoms with van der Waals surface area (Å²) in [4.78, 5) is 14.8. The number of nitrogens with zero attached hydrogens (tertiary/aromatic N) is 1. The lowest BCUT2D eigenvalue weighted by Gasteiger charge is -2.12. The Morgan fingerprint density at radius 2 is 2.50 bits per heavy atom. The summed E-state index contributed by atoms with van der Waals surface area (Å²) < 4.78 is 0. The number of rotatable bonds is 5. The van der Waals surface area contributed by atoms with Crippen LogP contribution in [0.4, 0.5) is 5.82 Å². The number of hydrogen-bond donors (Lipinski definition) is 2. The molecule has 0 aliphatic rings. The van der Waals surface area contributed by atoms with Gasteiger partial charge in [-0.15, -0.1) is 6.58 Å². The van der Waals surface area contributed by atoms with Gasteiger partial charge in [0, 0.05) is 12.2 Å². The number of hydrogen-bond acceptors (Lipinski definition) is 3. The van der Waals surface area contributed by atoms with Gasteiger partial charge in [-0.05, 0) is 19.4 Å². The summed E-state index contributed by atoms with van der Waals surface area (Å²) in [6.07, 6.45) is 3.88. The number of aromatic carboxylic acids is 1. The topological polar surface area (TPSA) is 62.2 Å². The first kappa shape index (κ1) is 12.5. The van der Waals surface area contributed by atoms with Gasteiger partial charge in [0.05, 0.1) is 10.6 Å². The fourth-order valence-electron chi connectivity index (χ4n) is 1.24. The van der Waals surface area contributed by atoms with Crippen molar-refractivity contribution in [2.24, 2.45) is 0 Å². The van der Waals surface area contributed by atoms with Crippen molar-refractivity contribution >= 4 is 23.4 Å². The minimum Gasteiger partial charge on any atom is -0.478 e. The molecule has 16 heavy (non-hydrogen) atoms. The molecule has 4 nitrogen and oxygen atoms in total. The smallest absolute Gasteiger partial charge is 0.337 e. The van der Waals surface area contributed by atoms with Crippen molar-refractivity contribution in [3.63, 3.8) is 0 Å². The van der Waals surface area contributed by atoms with E-state index < -0.39 is 5.97 Å². The Kier molecular flexibility index (Phi) is 4.31. The summed E-state index contributed by atoms with van der Waals surface area (Å²) >= 11 is 5.70. The molecular weight excluding hydrogens is 228 g/mol. The maximum atomic E-state index is 10.8. The third kappa shape index (κ3) is 3.24. The molecule has 1 atom stereocenters. The van der Waals surface area contributed by atoms with Gasteiger partial charge in [0.15, 0.2) is 0 Å². The summed E-state index contributed by atoms with van der Waals surface area (Å²) in [5, 5.41) is 12.1. The Hall–Kier alpha value is -1.55. The Morgan fingerprint density at radius 1 is 1.81 bits per heavy atom. The maximum absolute atomic E-state index is 10.8. The van der Waals surface area contributed by atoms with Crippen LogP contribution in [0.1, 0.15) is 23.7 Å². The van der Waals surface area contributed by atoms with Crippen LogP contribution in [-0.4, -0.2) is 22.1 Å². The van der Waals surface area contributed by atoms with Crippen LogP contribution in [-0.2, 0) is 0 Å². The van der Waals surface area contributed by atoms with Crippen molar-refractivity contribution in [1.29, 1.82) is 0 Å². The minimum atomic E-state index is -1.06. The summed E-state index contributed by atoms with van der Waals surface area (Å²) in [5.74, 6) is -0.567. The number of carboxylic acids is 1. The normalized spacial score (nSPS) is 11.9. The van der Waals surface area contributed by atoms with Crippen molar-refractivity contribution in [2.75, 3.05) is 5.32 Å². The fourth-order valence-corrected chi connectivity index (χ4v) is 1.43. The third-order valence-electron chi connectivity index (χ3n) is 2.00. The predicted octanol–water partition coefficient (Wildman–Crippen LogP) is 2.81. The highest BCUT2D eigenvalue weighted by Gasteiger charge is 2.11. The van der Waals surface area contributed by atoms with Crippen LogP contribution < -0.4 is 5.32 Å². The van der Waals surface area contributed by atoms with Crippen molar-refractivity contribution in [2.45, 2.75) is 19.4 Å². The maximum Gasteiger partial charge on any atom is 0.337 e. The van der Waals surface area contributed by atoms with Gasteiger partial charge in [-0.25, -0.2) is 9.78 Å². The molecule has 1 aromatic heterocycles. The molecule has 1 rings (SSSR count). The molecule has 0 fully saturated rings. The monoisotopic (exact) mass is 240 g/mol. The molecule has 0 aromatic carbocycles. The lowest BCUT2D eigenvalue weighted by Crippen LogP contribution is -2.15. The van der Waals surface area contributed by atoms with Crippen LogP contribution in [0.3, 0.4) is 0 Å². The van der Waals surface area contributed by atoms with E-state index in [-0.39, 0.29) is 16.6 Å². The van der Waals surface area contributed by atoms with Crippen molar-refractivity contribution < 1.29 is 9.90 Å². The molecule has 2 N–H and O–H groups in total. The average Bonchev–Trinajstić information content (AvgIpc) is 2.21. The van der Waals surface area contributed by atoms with E-state index in [0.29, 0.717) is 5.82 Å². The zero-order valence-corrected chi connectivity index (χ0v) is 9.66. The first-order valence-electron chi connectivity index (χ1n) is 4.81. The predicted molar refractivity (Wildman–Crippen MR) is 64.1 cm³/mol. The number of aromatic nitrogens is 1. The molecule has 1 aromatic rings. The van der Waals surface area contributed by atoms with E-state index in [4.69, 9.17) is 16.7 Å². The lowest BCUT2D eigenvalue weighted by atomic mass is 10.2. The first-order chi connectivity index (χ1) is 7.54. The first-order valence-corrected chi connectivity index (χ1v) is 5.18. The molecule has 0 saturated heterocycles. The standard InChI is InChI=1S/C11H13ClN2O2/c1-3-4-7(2)14-10-5-8(11(15)16)9(12)6-13-10/h3,5-7H,1,4H2,2H3,(H,13,14)(H,15,16). The molecule has 0 bridgehead atoms. The molecule has 0 amide bonds. The minimum absolute atomic E-state index is 0.0463. The van der Waals surface area contributed by atoms with Gasteiger partial charge in [-0.1, -0.05) is 17.7 Å². The van der Waals surface area contributed by atoms with Crippen LogP contribution >= 0.6 is 11.6 Å². The summed E-state index contributed by atoms with van der Waals surface area (Å²) in [5.41, 5.74) is 0.0463. The van der Waals surface area contributed by atoms with Gasteiger partial charge in [-0.3, -0.25) is 0 Å². The highest BCUT2D eigenvalue weighted by Crippen LogP contribution is 2.18. The molecule has 1 unspecified atom stereocenters. The molecule has 0 spiro atoms. The second-order valence-corrected chi connectivity index (χ2v) is 3.83. The summed E-state index contributed by atoms with van der Waals surface area (Å²) in [7, 11) is 0. The van der Waals surface area contributed by atoms with Crippen LogP contribution in [0.15, 0.2) is 24.9 Å². The van der Waals surface area contributed by atoms with Crippen molar-refractivity contribution in [3.8, 4) is 0 Å². The highest BCUT2D eigenvalue weighted by molar-refractivity contribution is 6.33. The highest BCUT2D eigenvalue weighted by atomic mass is 35.5. The zero-order chi connectivity index (χ0) is 12.1. The van der Waals surface area contributed by atoms with Gasteiger partial charge in [0.2, 0.25) is 0 Å². The van der Waals surface area contributed by atoms with E-state index >= 15 is 0 Å². The number of halogens is 1. The second kappa shape index (κ2) is 5.51. The average molecular weight is 241 g/mol. The van der Waals surface area contributed by atoms with E-state index in [1.165, 1.54) is 12.3 Å². The largest absolute Gasteiger partial charge is 0.478 e. The number of anilines is 1. The number of nitrogens with one attached hydrogen (secondary N) is 1. The Morgan fingerprint density at radius 3 is 3.06 bits per heavy atom. The molecule has 5 heteroatoms. The molecule has 0 radical (unpaired) electrons. The van der Waals surface area contributed by atoms with E-state index in [9.17, 15) is 4.79 Å². The van der Waals surface area contributed by atoms with E-state index in [1.54, 1.807) is 6.08 Å². The van der Waals surface area contributed by atoms with Gasteiger partial charge >= 0.3 is 5.97 Å². The molecule has 0 saturated carbocycles. The summed E-state index contributed by atoms with van der Waals surface area (Å²) in [6, 6.07) is 1.57. The number of carbonyl (C=O) groups is 1. The molecule has 1 heterocycles. The van der Waals surface area contributed by atoms with Crippen molar-refractivity contribution in [3.05, 3.63) is 35.5 Å². The fraction of sp³-hybridized carbons (Fsp3) is 0.273. The molecule has 86 valence electrons. The van der Waals surface area contributed by atoms with Crippen LogP contribution in [0, 0.1) is 0 Å². The van der Waals surface area contributed by atoms with Crippen LogP contribution in [0.5, 0.6) is 0 Å². The van der Waals surface area contributed by atoms with E-state index in [1.807, 2.05) is 6.92 Å².